The Kier molecular flexibility index (Phi) is 6.84. The highest BCUT2D eigenvalue weighted by atomic mass is 32.2. The van der Waals surface area contributed by atoms with E-state index in [1.807, 2.05) is 13.8 Å². The summed E-state index contributed by atoms with van der Waals surface area (Å²) in [6.07, 6.45) is 0. The number of phenols is 1. The van der Waals surface area contributed by atoms with Crippen LogP contribution < -0.4 is 14.3 Å². The van der Waals surface area contributed by atoms with Gasteiger partial charge in [0.05, 0.1) is 0 Å². The highest BCUT2D eigenvalue weighted by molar-refractivity contribution is 7.87. The Morgan fingerprint density at radius 3 is 2.00 bits per heavy atom. The van der Waals surface area contributed by atoms with E-state index >= 15 is 0 Å². The lowest BCUT2D eigenvalue weighted by Gasteiger charge is -2.35. The standard InChI is InChI=1S/C27H31O8PS/c1-15(2)19-13-22(17(5)11-24(19)28)27(21-9-7-8-10-26(21)37(32,33)35-27)23-14-20(16(3)4)25(12-18(23)6)34-36(29,30)31/h7-16,28H,1-6H3,(H2,29,30,31)/p-2. The molecule has 0 radical (unpaired) electrons. The third-order valence-corrected chi connectivity index (χ3v) is 8.50. The fraction of sp³-hybridized carbons (Fsp3) is 0.333. The highest BCUT2D eigenvalue weighted by Gasteiger charge is 2.53. The largest absolute Gasteiger partial charge is 0.780 e. The van der Waals surface area contributed by atoms with Crippen LogP contribution in [0.3, 0.4) is 0 Å². The maximum absolute atomic E-state index is 13.4. The SMILES string of the molecule is Cc1cc(O)c(C(C)C)cc1C1(c2cc(C(C)C)c(OP(=O)([O-])[O-])cc2C)OS(=O)(=O)c2ccccc21. The minimum absolute atomic E-state index is 0.0167. The predicted octanol–water partition coefficient (Wildman–Crippen LogP) is 4.47. The Hall–Kier alpha value is -2.68. The summed E-state index contributed by atoms with van der Waals surface area (Å²) in [5, 5.41) is 10.6. The lowest BCUT2D eigenvalue weighted by Crippen LogP contribution is -2.32. The van der Waals surface area contributed by atoms with Gasteiger partial charge < -0.3 is 24.0 Å². The summed E-state index contributed by atoms with van der Waals surface area (Å²) in [6, 6.07) is 12.9. The minimum atomic E-state index is -5.35. The summed E-state index contributed by atoms with van der Waals surface area (Å²) < 4.78 is 49.1. The van der Waals surface area contributed by atoms with Crippen LogP contribution in [0.4, 0.5) is 0 Å². The number of hydrogen-bond donors (Lipinski definition) is 1. The Morgan fingerprint density at radius 2 is 1.43 bits per heavy atom. The molecule has 0 aliphatic carbocycles. The number of phenolic OH excluding ortho intramolecular Hbond substituents is 1. The first-order valence-corrected chi connectivity index (χ1v) is 14.7. The van der Waals surface area contributed by atoms with Gasteiger partial charge in [0.15, 0.2) is 5.60 Å². The molecule has 0 aromatic heterocycles. The first-order chi connectivity index (χ1) is 17.1. The number of fused-ring (bicyclic) bond motifs is 1. The van der Waals surface area contributed by atoms with Crippen LogP contribution in [0.25, 0.3) is 0 Å². The molecule has 0 bridgehead atoms. The molecule has 0 fully saturated rings. The van der Waals surface area contributed by atoms with E-state index < -0.39 is 23.5 Å². The number of hydrogen-bond acceptors (Lipinski definition) is 8. The van der Waals surface area contributed by atoms with Crippen LogP contribution in [0.5, 0.6) is 11.5 Å². The molecule has 1 heterocycles. The number of aryl methyl sites for hydroxylation is 2. The number of aromatic hydroxyl groups is 1. The zero-order chi connectivity index (χ0) is 27.5. The fourth-order valence-corrected chi connectivity index (χ4v) is 6.85. The predicted molar refractivity (Wildman–Crippen MR) is 135 cm³/mol. The van der Waals surface area contributed by atoms with Crippen molar-refractivity contribution in [1.29, 1.82) is 0 Å². The summed E-state index contributed by atoms with van der Waals surface area (Å²) >= 11 is 0. The molecule has 1 atom stereocenters. The maximum atomic E-state index is 13.4. The van der Waals surface area contributed by atoms with Gasteiger partial charge in [0.2, 0.25) is 0 Å². The normalized spacial score (nSPS) is 18.9. The molecule has 4 rings (SSSR count). The lowest BCUT2D eigenvalue weighted by atomic mass is 9.75. The first-order valence-electron chi connectivity index (χ1n) is 11.8. The molecular formula is C27H29O8PS-2. The van der Waals surface area contributed by atoms with Crippen LogP contribution in [0.15, 0.2) is 53.4 Å². The summed E-state index contributed by atoms with van der Waals surface area (Å²) in [5.74, 6) is -0.376. The minimum Gasteiger partial charge on any atom is -0.780 e. The summed E-state index contributed by atoms with van der Waals surface area (Å²) in [6.45, 7) is 10.9. The van der Waals surface area contributed by atoms with E-state index in [-0.39, 0.29) is 28.2 Å². The maximum Gasteiger partial charge on any atom is 0.298 e. The van der Waals surface area contributed by atoms with Gasteiger partial charge in [-0.15, -0.1) is 0 Å². The fourth-order valence-electron chi connectivity index (χ4n) is 5.03. The van der Waals surface area contributed by atoms with E-state index in [0.717, 1.165) is 0 Å². The van der Waals surface area contributed by atoms with Crippen molar-refractivity contribution in [1.82, 2.24) is 0 Å². The second-order valence-electron chi connectivity index (χ2n) is 9.99. The molecule has 37 heavy (non-hydrogen) atoms. The van der Waals surface area contributed by atoms with Crippen molar-refractivity contribution < 1.29 is 36.6 Å². The number of phosphoric ester groups is 1. The van der Waals surface area contributed by atoms with Gasteiger partial charge in [0, 0.05) is 5.56 Å². The number of rotatable bonds is 6. The molecular weight excluding hydrogens is 515 g/mol. The molecule has 198 valence electrons. The van der Waals surface area contributed by atoms with Crippen molar-refractivity contribution in [2.24, 2.45) is 0 Å². The van der Waals surface area contributed by atoms with E-state index in [4.69, 9.17) is 8.71 Å². The van der Waals surface area contributed by atoms with E-state index in [0.29, 0.717) is 38.9 Å². The van der Waals surface area contributed by atoms with Crippen LogP contribution in [0.2, 0.25) is 0 Å². The molecule has 0 spiro atoms. The molecule has 0 saturated heterocycles. The van der Waals surface area contributed by atoms with Crippen LogP contribution in [0, 0.1) is 13.8 Å². The monoisotopic (exact) mass is 544 g/mol. The second kappa shape index (κ2) is 9.26. The van der Waals surface area contributed by atoms with Crippen LogP contribution in [-0.2, 0) is 24.5 Å². The van der Waals surface area contributed by atoms with E-state index in [9.17, 15) is 27.9 Å². The van der Waals surface area contributed by atoms with Gasteiger partial charge in [0.25, 0.3) is 10.1 Å². The number of phosphoric acid groups is 1. The van der Waals surface area contributed by atoms with E-state index in [1.54, 1.807) is 64.1 Å². The van der Waals surface area contributed by atoms with Crippen LogP contribution in [0.1, 0.15) is 78.5 Å². The third-order valence-electron chi connectivity index (χ3n) is 6.71. The van der Waals surface area contributed by atoms with Gasteiger partial charge in [0.1, 0.15) is 24.2 Å². The van der Waals surface area contributed by atoms with Gasteiger partial charge in [-0.2, -0.15) is 8.42 Å². The molecule has 0 saturated carbocycles. The van der Waals surface area contributed by atoms with Gasteiger partial charge >= 0.3 is 0 Å². The molecule has 1 unspecified atom stereocenters. The summed E-state index contributed by atoms with van der Waals surface area (Å²) in [4.78, 5) is 22.9. The van der Waals surface area contributed by atoms with Crippen LogP contribution in [-0.4, -0.2) is 13.5 Å². The van der Waals surface area contributed by atoms with E-state index in [2.05, 4.69) is 0 Å². The zero-order valence-corrected chi connectivity index (χ0v) is 23.1. The Bertz CT molecular complexity index is 1540. The lowest BCUT2D eigenvalue weighted by molar-refractivity contribution is -0.333. The zero-order valence-electron chi connectivity index (χ0n) is 21.4. The molecule has 3 aromatic rings. The molecule has 3 aromatic carbocycles. The Labute approximate surface area is 217 Å². The average molecular weight is 545 g/mol. The van der Waals surface area contributed by atoms with Crippen molar-refractivity contribution in [3.05, 3.63) is 87.5 Å². The third kappa shape index (κ3) is 4.71. The van der Waals surface area contributed by atoms with Crippen molar-refractivity contribution in [2.45, 2.75) is 63.9 Å². The van der Waals surface area contributed by atoms with Gasteiger partial charge in [-0.25, -0.2) is 4.18 Å². The Morgan fingerprint density at radius 1 is 0.892 bits per heavy atom. The Balaban J connectivity index is 2.17. The van der Waals surface area contributed by atoms with Crippen molar-refractivity contribution >= 4 is 17.9 Å². The molecule has 8 nitrogen and oxygen atoms in total. The molecule has 10 heteroatoms. The van der Waals surface area contributed by atoms with Crippen molar-refractivity contribution in [3.63, 3.8) is 0 Å². The van der Waals surface area contributed by atoms with E-state index in [1.165, 1.54) is 12.1 Å². The summed E-state index contributed by atoms with van der Waals surface area (Å²) in [7, 11) is -9.55. The highest BCUT2D eigenvalue weighted by Crippen LogP contribution is 2.54. The van der Waals surface area contributed by atoms with Gasteiger partial charge in [-0.05, 0) is 89.4 Å². The van der Waals surface area contributed by atoms with Crippen LogP contribution >= 0.6 is 7.82 Å². The number of benzene rings is 3. The quantitative estimate of drug-likeness (QED) is 0.355. The second-order valence-corrected chi connectivity index (χ2v) is 12.6. The van der Waals surface area contributed by atoms with Gasteiger partial charge in [-0.3, -0.25) is 0 Å². The average Bonchev–Trinajstić information content (AvgIpc) is 3.00. The van der Waals surface area contributed by atoms with Crippen molar-refractivity contribution in [2.75, 3.05) is 0 Å². The summed E-state index contributed by atoms with van der Waals surface area (Å²) in [5.41, 5.74) is 1.80. The molecule has 1 N–H and O–H groups in total. The molecule has 1 aliphatic heterocycles. The van der Waals surface area contributed by atoms with Crippen molar-refractivity contribution in [3.8, 4) is 11.5 Å². The van der Waals surface area contributed by atoms with Gasteiger partial charge in [-0.1, -0.05) is 45.9 Å². The topological polar surface area (TPSA) is 136 Å². The molecule has 0 amide bonds. The smallest absolute Gasteiger partial charge is 0.298 e. The molecule has 1 aliphatic rings. The first kappa shape index (κ1) is 27.4.